The van der Waals surface area contributed by atoms with Gasteiger partial charge in [-0.3, -0.25) is 15.2 Å². The predicted octanol–water partition coefficient (Wildman–Crippen LogP) is -0.964. The highest BCUT2D eigenvalue weighted by Crippen LogP contribution is 2.17. The molecule has 0 spiro atoms. The number of hydrogen-bond acceptors (Lipinski definition) is 3. The minimum atomic E-state index is -0.612. The van der Waals surface area contributed by atoms with E-state index < -0.39 is 5.54 Å². The predicted molar refractivity (Wildman–Crippen MR) is 59.1 cm³/mol. The van der Waals surface area contributed by atoms with Crippen LogP contribution in [0.3, 0.4) is 0 Å². The third kappa shape index (κ3) is 2.20. The largest absolute Gasteiger partial charge is 0.352 e. The molecule has 1 aliphatic heterocycles. The minimum Gasteiger partial charge on any atom is -0.352 e. The van der Waals surface area contributed by atoms with Gasteiger partial charge in [0.1, 0.15) is 5.54 Å². The molecule has 0 aliphatic carbocycles. The molecule has 1 heterocycles. The molecule has 0 aromatic heterocycles. The molecule has 1 aliphatic rings. The van der Waals surface area contributed by atoms with E-state index in [4.69, 9.17) is 5.84 Å². The number of hydrazine groups is 1. The first-order chi connectivity index (χ1) is 7.04. The van der Waals surface area contributed by atoms with Gasteiger partial charge in [-0.2, -0.15) is 0 Å². The first-order valence-electron chi connectivity index (χ1n) is 5.11. The number of hydrogen-bond donors (Lipinski definition) is 3. The Morgan fingerprint density at radius 1 is 1.73 bits per heavy atom. The molecule has 0 radical (unpaired) electrons. The lowest BCUT2D eigenvalue weighted by Gasteiger charge is -2.42. The lowest BCUT2D eigenvalue weighted by atomic mass is 9.99. The maximum Gasteiger partial charge on any atom is 0.245 e. The summed E-state index contributed by atoms with van der Waals surface area (Å²) in [4.78, 5) is 17.8. The van der Waals surface area contributed by atoms with Crippen LogP contribution in [0, 0.1) is 0 Å². The summed E-state index contributed by atoms with van der Waals surface area (Å²) in [5, 5.41) is 2.82. The third-order valence-corrected chi connectivity index (χ3v) is 2.54. The van der Waals surface area contributed by atoms with Crippen molar-refractivity contribution in [1.29, 1.82) is 0 Å². The van der Waals surface area contributed by atoms with Crippen molar-refractivity contribution < 1.29 is 4.79 Å². The Labute approximate surface area is 89.9 Å². The van der Waals surface area contributed by atoms with Gasteiger partial charge >= 0.3 is 0 Å². The Morgan fingerprint density at radius 2 is 2.40 bits per heavy atom. The summed E-state index contributed by atoms with van der Waals surface area (Å²) < 4.78 is 0. The molecule has 0 unspecified atom stereocenters. The number of rotatable bonds is 1. The fourth-order valence-corrected chi connectivity index (χ4v) is 1.63. The number of nitrogens with one attached hydrogen (secondary N) is 2. The zero-order valence-electron chi connectivity index (χ0n) is 9.50. The Bertz CT molecular complexity index is 274. The Balaban J connectivity index is 2.91. The maximum absolute atomic E-state index is 11.7. The molecule has 4 N–H and O–H groups in total. The molecule has 15 heavy (non-hydrogen) atoms. The van der Waals surface area contributed by atoms with Gasteiger partial charge in [0.15, 0.2) is 0 Å². The van der Waals surface area contributed by atoms with Gasteiger partial charge in [0.25, 0.3) is 0 Å². The van der Waals surface area contributed by atoms with Gasteiger partial charge in [-0.1, -0.05) is 0 Å². The number of nitrogens with zero attached hydrogens (tertiary/aromatic N) is 2. The molecule has 1 fully saturated rings. The number of aliphatic imine (C=N–C) groups is 1. The summed E-state index contributed by atoms with van der Waals surface area (Å²) in [6, 6.07) is 0. The highest BCUT2D eigenvalue weighted by molar-refractivity contribution is 5.92. The monoisotopic (exact) mass is 213 g/mol. The van der Waals surface area contributed by atoms with E-state index in [0.717, 1.165) is 0 Å². The Hall–Kier alpha value is -1.30. The molecule has 6 heteroatoms. The van der Waals surface area contributed by atoms with E-state index >= 15 is 0 Å². The van der Waals surface area contributed by atoms with Gasteiger partial charge in [0, 0.05) is 19.6 Å². The number of amides is 1. The van der Waals surface area contributed by atoms with E-state index in [9.17, 15) is 4.79 Å². The second-order valence-electron chi connectivity index (χ2n) is 3.91. The average Bonchev–Trinajstić information content (AvgIpc) is 2.19. The van der Waals surface area contributed by atoms with Crippen LogP contribution in [0.2, 0.25) is 0 Å². The minimum absolute atomic E-state index is 0.00666. The van der Waals surface area contributed by atoms with Crippen molar-refractivity contribution in [1.82, 2.24) is 15.6 Å². The van der Waals surface area contributed by atoms with Crippen LogP contribution in [0.5, 0.6) is 0 Å². The van der Waals surface area contributed by atoms with Gasteiger partial charge in [-0.25, -0.2) is 5.84 Å². The summed E-state index contributed by atoms with van der Waals surface area (Å²) >= 11 is 0. The molecule has 0 aromatic rings. The number of carbonyl (C=O) groups is 1. The molecule has 1 rings (SSSR count). The van der Waals surface area contributed by atoms with Gasteiger partial charge in [0.05, 0.1) is 0 Å². The van der Waals surface area contributed by atoms with E-state index in [0.29, 0.717) is 25.6 Å². The summed E-state index contributed by atoms with van der Waals surface area (Å²) in [5.41, 5.74) is 1.93. The number of piperazine rings is 1. The summed E-state index contributed by atoms with van der Waals surface area (Å²) in [6.45, 7) is 7.59. The van der Waals surface area contributed by atoms with Crippen molar-refractivity contribution in [2.45, 2.75) is 26.3 Å². The lowest BCUT2D eigenvalue weighted by molar-refractivity contribution is -0.132. The number of guanidine groups is 1. The first kappa shape index (κ1) is 11.8. The van der Waals surface area contributed by atoms with E-state index in [2.05, 4.69) is 15.7 Å². The highest BCUT2D eigenvalue weighted by Gasteiger charge is 2.39. The van der Waals surface area contributed by atoms with Crippen LogP contribution in [0.25, 0.3) is 0 Å². The van der Waals surface area contributed by atoms with Crippen molar-refractivity contribution in [2.75, 3.05) is 19.6 Å². The molecular weight excluding hydrogens is 194 g/mol. The van der Waals surface area contributed by atoms with Crippen LogP contribution in [-0.4, -0.2) is 41.9 Å². The number of carbonyl (C=O) groups excluding carboxylic acids is 1. The molecule has 86 valence electrons. The molecule has 1 amide bonds. The molecule has 0 saturated carbocycles. The van der Waals surface area contributed by atoms with Crippen molar-refractivity contribution in [3.05, 3.63) is 0 Å². The molecule has 0 atom stereocenters. The van der Waals surface area contributed by atoms with Crippen LogP contribution >= 0.6 is 0 Å². The van der Waals surface area contributed by atoms with Gasteiger partial charge in [-0.15, -0.1) is 0 Å². The van der Waals surface area contributed by atoms with Crippen molar-refractivity contribution in [3.63, 3.8) is 0 Å². The van der Waals surface area contributed by atoms with Crippen LogP contribution in [-0.2, 0) is 4.79 Å². The fraction of sp³-hybridized carbons (Fsp3) is 0.778. The highest BCUT2D eigenvalue weighted by atomic mass is 16.2. The van der Waals surface area contributed by atoms with Gasteiger partial charge < -0.3 is 10.2 Å². The zero-order chi connectivity index (χ0) is 11.5. The lowest BCUT2D eigenvalue weighted by Crippen LogP contribution is -2.66. The van der Waals surface area contributed by atoms with Crippen molar-refractivity contribution in [3.8, 4) is 0 Å². The SMILES string of the molecule is CCN=C(NN)N1CCNC(=O)C1(C)C. The van der Waals surface area contributed by atoms with Gasteiger partial charge in [0.2, 0.25) is 11.9 Å². The van der Waals surface area contributed by atoms with E-state index in [1.807, 2.05) is 25.7 Å². The number of nitrogens with two attached hydrogens (primary N) is 1. The first-order valence-corrected chi connectivity index (χ1v) is 5.11. The second-order valence-corrected chi connectivity index (χ2v) is 3.91. The zero-order valence-corrected chi connectivity index (χ0v) is 9.50. The molecule has 0 bridgehead atoms. The van der Waals surface area contributed by atoms with Crippen LogP contribution < -0.4 is 16.6 Å². The fourth-order valence-electron chi connectivity index (χ4n) is 1.63. The molecule has 1 saturated heterocycles. The van der Waals surface area contributed by atoms with Crippen LogP contribution in [0.4, 0.5) is 0 Å². The molecule has 6 nitrogen and oxygen atoms in total. The normalized spacial score (nSPS) is 21.2. The average molecular weight is 213 g/mol. The van der Waals surface area contributed by atoms with Gasteiger partial charge in [-0.05, 0) is 20.8 Å². The standard InChI is InChI=1S/C9H19N5O/c1-4-11-8(13-10)14-6-5-12-7(15)9(14,2)3/h4-6,10H2,1-3H3,(H,11,13)(H,12,15). The van der Waals surface area contributed by atoms with E-state index in [1.54, 1.807) is 0 Å². The second kappa shape index (κ2) is 4.48. The topological polar surface area (TPSA) is 82.8 Å². The van der Waals surface area contributed by atoms with Crippen LogP contribution in [0.1, 0.15) is 20.8 Å². The van der Waals surface area contributed by atoms with Crippen molar-refractivity contribution >= 4 is 11.9 Å². The molecular formula is C9H19N5O. The maximum atomic E-state index is 11.7. The van der Waals surface area contributed by atoms with Crippen molar-refractivity contribution in [2.24, 2.45) is 10.8 Å². The quantitative estimate of drug-likeness (QED) is 0.227. The van der Waals surface area contributed by atoms with Crippen LogP contribution in [0.15, 0.2) is 4.99 Å². The van der Waals surface area contributed by atoms with E-state index in [-0.39, 0.29) is 5.91 Å². The molecule has 0 aromatic carbocycles. The smallest absolute Gasteiger partial charge is 0.245 e. The Kier molecular flexibility index (Phi) is 3.52. The summed E-state index contributed by atoms with van der Waals surface area (Å²) in [7, 11) is 0. The third-order valence-electron chi connectivity index (χ3n) is 2.54. The Morgan fingerprint density at radius 3 is 2.93 bits per heavy atom. The summed E-state index contributed by atoms with van der Waals surface area (Å²) in [6.07, 6.45) is 0. The summed E-state index contributed by atoms with van der Waals surface area (Å²) in [5.74, 6) is 5.96. The van der Waals surface area contributed by atoms with E-state index in [1.165, 1.54) is 0 Å².